The van der Waals surface area contributed by atoms with Crippen LogP contribution in [0.5, 0.6) is 5.75 Å². The lowest BCUT2D eigenvalue weighted by molar-refractivity contribution is 0.102. The maximum Gasteiger partial charge on any atom is 0.274 e. The van der Waals surface area contributed by atoms with Crippen molar-refractivity contribution in [1.82, 2.24) is 15.0 Å². The molecular formula is C27H29FN6O3S. The summed E-state index contributed by atoms with van der Waals surface area (Å²) in [6.45, 7) is 1.90. The zero-order valence-corrected chi connectivity index (χ0v) is 22.1. The Morgan fingerprint density at radius 3 is 2.89 bits per heavy atom. The van der Waals surface area contributed by atoms with E-state index in [1.165, 1.54) is 31.5 Å². The van der Waals surface area contributed by atoms with Crippen molar-refractivity contribution in [2.24, 2.45) is 5.73 Å². The molecule has 11 heteroatoms. The number of nitrogens with one attached hydrogen (secondary N) is 1. The van der Waals surface area contributed by atoms with Crippen LogP contribution in [0.3, 0.4) is 0 Å². The largest absolute Gasteiger partial charge is 0.496 e. The number of amides is 1. The summed E-state index contributed by atoms with van der Waals surface area (Å²) in [6.07, 6.45) is 4.12. The van der Waals surface area contributed by atoms with Gasteiger partial charge >= 0.3 is 0 Å². The van der Waals surface area contributed by atoms with Crippen LogP contribution in [-0.2, 0) is 11.2 Å². The molecule has 1 aliphatic rings. The fourth-order valence-corrected chi connectivity index (χ4v) is 5.72. The monoisotopic (exact) mass is 536 g/mol. The number of carbonyl (C=O) groups excluding carboxylic acids is 1. The summed E-state index contributed by atoms with van der Waals surface area (Å²) in [4.78, 5) is 29.1. The summed E-state index contributed by atoms with van der Waals surface area (Å²) in [6, 6.07) is 9.96. The third-order valence-electron chi connectivity index (χ3n) is 6.59. The number of aromatic nitrogens is 3. The topological polar surface area (TPSA) is 115 Å². The zero-order valence-electron chi connectivity index (χ0n) is 21.2. The predicted octanol–water partition coefficient (Wildman–Crippen LogP) is 4.27. The number of nitrogens with zero attached hydrogens (tertiary/aromatic N) is 4. The molecule has 3 N–H and O–H groups in total. The molecule has 1 fully saturated rings. The van der Waals surface area contributed by atoms with Crippen molar-refractivity contribution >= 4 is 38.8 Å². The van der Waals surface area contributed by atoms with Crippen LogP contribution in [0.25, 0.3) is 21.6 Å². The van der Waals surface area contributed by atoms with Crippen molar-refractivity contribution in [2.45, 2.75) is 25.3 Å². The standard InChI is InChI=1S/C27H29FN6O3S/c1-36-14-11-22-33-24-21(38-22)9-8-18(25(24)34-13-4-5-16(34)15-29)32-27(35)19-10-12-30-26(31-19)23-17(28)6-3-7-20(23)37-2/h3,6-10,12,16H,4-5,11,13-15,29H2,1-2H3,(H,32,35). The number of fused-ring (bicyclic) bond motifs is 1. The molecule has 2 aromatic heterocycles. The molecular weight excluding hydrogens is 507 g/mol. The van der Waals surface area contributed by atoms with E-state index in [9.17, 15) is 9.18 Å². The van der Waals surface area contributed by atoms with Gasteiger partial charge < -0.3 is 25.4 Å². The molecule has 1 aliphatic heterocycles. The fraction of sp³-hybridized carbons (Fsp3) is 0.333. The Morgan fingerprint density at radius 1 is 1.24 bits per heavy atom. The highest BCUT2D eigenvalue weighted by atomic mass is 32.1. The number of thiazole rings is 1. The summed E-state index contributed by atoms with van der Waals surface area (Å²) in [5, 5.41) is 3.99. The number of anilines is 2. The minimum absolute atomic E-state index is 0.0632. The summed E-state index contributed by atoms with van der Waals surface area (Å²) in [5.41, 5.74) is 8.61. The van der Waals surface area contributed by atoms with E-state index < -0.39 is 11.7 Å². The van der Waals surface area contributed by atoms with Crippen molar-refractivity contribution in [3.05, 3.63) is 59.1 Å². The van der Waals surface area contributed by atoms with E-state index in [4.69, 9.17) is 20.2 Å². The lowest BCUT2D eigenvalue weighted by Crippen LogP contribution is -2.36. The van der Waals surface area contributed by atoms with E-state index >= 15 is 0 Å². The van der Waals surface area contributed by atoms with Crippen molar-refractivity contribution < 1.29 is 18.7 Å². The van der Waals surface area contributed by atoms with Gasteiger partial charge in [-0.3, -0.25) is 4.79 Å². The molecule has 1 unspecified atom stereocenters. The average Bonchev–Trinajstić information content (AvgIpc) is 3.58. The van der Waals surface area contributed by atoms with Crippen LogP contribution in [-0.4, -0.2) is 60.8 Å². The van der Waals surface area contributed by atoms with Gasteiger partial charge in [0.15, 0.2) is 5.82 Å². The first-order valence-corrected chi connectivity index (χ1v) is 13.2. The van der Waals surface area contributed by atoms with Crippen molar-refractivity contribution in [3.8, 4) is 17.1 Å². The van der Waals surface area contributed by atoms with Gasteiger partial charge in [-0.05, 0) is 43.2 Å². The van der Waals surface area contributed by atoms with Gasteiger partial charge in [0, 0.05) is 38.9 Å². The van der Waals surface area contributed by atoms with Gasteiger partial charge in [-0.25, -0.2) is 19.3 Å². The highest BCUT2D eigenvalue weighted by Crippen LogP contribution is 2.40. The van der Waals surface area contributed by atoms with Crippen molar-refractivity contribution in [3.63, 3.8) is 0 Å². The first-order valence-electron chi connectivity index (χ1n) is 12.4. The third-order valence-corrected chi connectivity index (χ3v) is 7.67. The second kappa shape index (κ2) is 11.4. The smallest absolute Gasteiger partial charge is 0.274 e. The van der Waals surface area contributed by atoms with Gasteiger partial charge in [0.05, 0.1) is 40.4 Å². The van der Waals surface area contributed by atoms with Gasteiger partial charge in [-0.1, -0.05) is 6.07 Å². The van der Waals surface area contributed by atoms with E-state index in [-0.39, 0.29) is 28.9 Å². The SMILES string of the molecule is COCCc1nc2c(N3CCCC3CN)c(NC(=O)c3ccnc(-c4c(F)cccc4OC)n3)ccc2s1. The summed E-state index contributed by atoms with van der Waals surface area (Å²) in [7, 11) is 3.11. The van der Waals surface area contributed by atoms with Crippen molar-refractivity contribution in [1.29, 1.82) is 0 Å². The van der Waals surface area contributed by atoms with Crippen LogP contribution >= 0.6 is 11.3 Å². The van der Waals surface area contributed by atoms with E-state index in [2.05, 4.69) is 20.2 Å². The Balaban J connectivity index is 1.52. The van der Waals surface area contributed by atoms with E-state index in [0.29, 0.717) is 25.3 Å². The molecule has 0 saturated carbocycles. The number of carbonyl (C=O) groups is 1. The molecule has 0 bridgehead atoms. The number of ether oxygens (including phenoxy) is 2. The van der Waals surface area contributed by atoms with Gasteiger partial charge in [0.25, 0.3) is 5.91 Å². The molecule has 0 aliphatic carbocycles. The minimum Gasteiger partial charge on any atom is -0.496 e. The zero-order chi connectivity index (χ0) is 26.6. The lowest BCUT2D eigenvalue weighted by atomic mass is 10.1. The second-order valence-corrected chi connectivity index (χ2v) is 10.0. The molecule has 2 aromatic carbocycles. The number of hydrogen-bond acceptors (Lipinski definition) is 9. The normalized spacial score (nSPS) is 15.3. The summed E-state index contributed by atoms with van der Waals surface area (Å²) < 4.78 is 26.2. The lowest BCUT2D eigenvalue weighted by Gasteiger charge is -2.28. The molecule has 4 aromatic rings. The van der Waals surface area contributed by atoms with Gasteiger partial charge in [0.2, 0.25) is 0 Å². The Morgan fingerprint density at radius 2 is 2.11 bits per heavy atom. The van der Waals surface area contributed by atoms with Crippen LogP contribution in [0.1, 0.15) is 28.3 Å². The van der Waals surface area contributed by atoms with Crippen LogP contribution in [0.15, 0.2) is 42.6 Å². The van der Waals surface area contributed by atoms with E-state index in [1.807, 2.05) is 12.1 Å². The molecule has 1 saturated heterocycles. The van der Waals surface area contributed by atoms with Gasteiger partial charge in [-0.2, -0.15) is 0 Å². The summed E-state index contributed by atoms with van der Waals surface area (Å²) in [5.74, 6) is -0.634. The number of hydrogen-bond donors (Lipinski definition) is 2. The van der Waals surface area contributed by atoms with Crippen LogP contribution in [0, 0.1) is 5.82 Å². The Labute approximate surface area is 223 Å². The maximum absolute atomic E-state index is 14.6. The van der Waals surface area contributed by atoms with Crippen LogP contribution in [0.2, 0.25) is 0 Å². The highest BCUT2D eigenvalue weighted by molar-refractivity contribution is 7.18. The molecule has 9 nitrogen and oxygen atoms in total. The van der Waals surface area contributed by atoms with Crippen LogP contribution in [0.4, 0.5) is 15.8 Å². The number of rotatable bonds is 9. The molecule has 3 heterocycles. The molecule has 1 atom stereocenters. The number of halogens is 1. The second-order valence-electron chi connectivity index (χ2n) is 8.92. The molecule has 0 spiro atoms. The first-order chi connectivity index (χ1) is 18.5. The Hall–Kier alpha value is -3.67. The molecule has 1 amide bonds. The van der Waals surface area contributed by atoms with Gasteiger partial charge in [-0.15, -0.1) is 11.3 Å². The quantitative estimate of drug-likeness (QED) is 0.326. The fourth-order valence-electron chi connectivity index (χ4n) is 4.77. The number of nitrogens with two attached hydrogens (primary N) is 1. The highest BCUT2D eigenvalue weighted by Gasteiger charge is 2.29. The van der Waals surface area contributed by atoms with Crippen LogP contribution < -0.4 is 20.7 Å². The molecule has 5 rings (SSSR count). The van der Waals surface area contributed by atoms with E-state index in [1.54, 1.807) is 24.5 Å². The Kier molecular flexibility index (Phi) is 7.77. The Bertz CT molecular complexity index is 1460. The average molecular weight is 537 g/mol. The number of benzene rings is 2. The maximum atomic E-state index is 14.6. The third kappa shape index (κ3) is 5.04. The first kappa shape index (κ1) is 26.0. The van der Waals surface area contributed by atoms with Crippen molar-refractivity contribution in [2.75, 3.05) is 44.1 Å². The predicted molar refractivity (Wildman–Crippen MR) is 147 cm³/mol. The molecule has 198 valence electrons. The van der Waals surface area contributed by atoms with Gasteiger partial charge in [0.1, 0.15) is 22.8 Å². The summed E-state index contributed by atoms with van der Waals surface area (Å²) >= 11 is 1.62. The van der Waals surface area contributed by atoms with E-state index in [0.717, 1.165) is 40.3 Å². The number of methoxy groups -OCH3 is 2. The minimum atomic E-state index is -0.538. The molecule has 38 heavy (non-hydrogen) atoms. The molecule has 0 radical (unpaired) electrons.